The fraction of sp³-hybridized carbons (Fsp3) is 0.667. The van der Waals surface area contributed by atoms with Gasteiger partial charge in [-0.3, -0.25) is 14.2 Å². The van der Waals surface area contributed by atoms with Crippen molar-refractivity contribution in [2.75, 3.05) is 19.6 Å². The van der Waals surface area contributed by atoms with E-state index < -0.39 is 0 Å². The van der Waals surface area contributed by atoms with Crippen molar-refractivity contribution in [1.29, 1.82) is 0 Å². The van der Waals surface area contributed by atoms with Gasteiger partial charge in [0.2, 0.25) is 0 Å². The van der Waals surface area contributed by atoms with E-state index in [2.05, 4.69) is 22.1 Å². The summed E-state index contributed by atoms with van der Waals surface area (Å²) in [5, 5.41) is 3.68. The number of fused-ring (bicyclic) bond motifs is 2. The van der Waals surface area contributed by atoms with Crippen LogP contribution >= 0.6 is 11.3 Å². The van der Waals surface area contributed by atoms with Crippen LogP contribution in [-0.2, 0) is 13.0 Å². The Balaban J connectivity index is 1.40. The summed E-state index contributed by atoms with van der Waals surface area (Å²) < 4.78 is 1.77. The van der Waals surface area contributed by atoms with Crippen molar-refractivity contribution in [3.8, 4) is 0 Å². The molecule has 0 radical (unpaired) electrons. The van der Waals surface area contributed by atoms with Gasteiger partial charge in [-0.25, -0.2) is 4.98 Å². The summed E-state index contributed by atoms with van der Waals surface area (Å²) in [7, 11) is 0. The molecule has 2 aliphatic heterocycles. The molecule has 4 rings (SSSR count). The van der Waals surface area contributed by atoms with Crippen LogP contribution in [0.4, 0.5) is 0 Å². The smallest absolute Gasteiger partial charge is 0.262 e. The van der Waals surface area contributed by atoms with Crippen molar-refractivity contribution in [3.05, 3.63) is 26.6 Å². The first kappa shape index (κ1) is 19.6. The standard InChI is InChI=1S/C21H30N4O2S/c1-3-15-8-4-5-11-24(15)12-7-10-22-19(26)18-14(2)17-20(28-18)23-16-9-6-13-25(16)21(17)27/h15H,3-13H2,1-2H3,(H,22,26)/t15-/m1/s1. The lowest BCUT2D eigenvalue weighted by Crippen LogP contribution is -2.40. The molecule has 2 aliphatic rings. The molecule has 28 heavy (non-hydrogen) atoms. The molecule has 1 N–H and O–H groups in total. The summed E-state index contributed by atoms with van der Waals surface area (Å²) in [5.74, 6) is 0.786. The highest BCUT2D eigenvalue weighted by Gasteiger charge is 2.23. The zero-order chi connectivity index (χ0) is 19.7. The predicted molar refractivity (Wildman–Crippen MR) is 113 cm³/mol. The molecule has 0 unspecified atom stereocenters. The maximum absolute atomic E-state index is 12.8. The van der Waals surface area contributed by atoms with E-state index in [0.717, 1.165) is 43.7 Å². The number of nitrogens with one attached hydrogen (secondary N) is 1. The minimum atomic E-state index is -0.0734. The minimum Gasteiger partial charge on any atom is -0.351 e. The molecular weight excluding hydrogens is 372 g/mol. The largest absolute Gasteiger partial charge is 0.351 e. The van der Waals surface area contributed by atoms with Gasteiger partial charge in [0.25, 0.3) is 11.5 Å². The van der Waals surface area contributed by atoms with Gasteiger partial charge in [-0.05, 0) is 51.1 Å². The Kier molecular flexibility index (Phi) is 5.83. The third-order valence-electron chi connectivity index (χ3n) is 6.25. The van der Waals surface area contributed by atoms with E-state index in [0.29, 0.717) is 27.7 Å². The molecular formula is C21H30N4O2S. The molecule has 6 nitrogen and oxygen atoms in total. The fourth-order valence-corrected chi connectivity index (χ4v) is 5.78. The van der Waals surface area contributed by atoms with E-state index in [1.54, 1.807) is 4.57 Å². The van der Waals surface area contributed by atoms with Gasteiger partial charge >= 0.3 is 0 Å². The summed E-state index contributed by atoms with van der Waals surface area (Å²) in [5.41, 5.74) is 0.792. The lowest BCUT2D eigenvalue weighted by molar-refractivity contribution is 0.0951. The normalized spacial score (nSPS) is 19.9. The number of hydrogen-bond acceptors (Lipinski definition) is 5. The predicted octanol–water partition coefficient (Wildman–Crippen LogP) is 3.10. The van der Waals surface area contributed by atoms with Crippen molar-refractivity contribution < 1.29 is 4.79 Å². The molecule has 0 aliphatic carbocycles. The zero-order valence-electron chi connectivity index (χ0n) is 16.9. The van der Waals surface area contributed by atoms with Crippen LogP contribution in [0.1, 0.15) is 66.5 Å². The van der Waals surface area contributed by atoms with Crippen LogP contribution in [-0.4, -0.2) is 46.0 Å². The number of amides is 1. The van der Waals surface area contributed by atoms with Crippen LogP contribution in [0.5, 0.6) is 0 Å². The Morgan fingerprint density at radius 3 is 2.96 bits per heavy atom. The van der Waals surface area contributed by atoms with Gasteiger partial charge in [-0.2, -0.15) is 0 Å². The zero-order valence-corrected chi connectivity index (χ0v) is 17.7. The van der Waals surface area contributed by atoms with Crippen molar-refractivity contribution >= 4 is 27.5 Å². The maximum atomic E-state index is 12.8. The molecule has 1 amide bonds. The Morgan fingerprint density at radius 2 is 2.14 bits per heavy atom. The summed E-state index contributed by atoms with van der Waals surface area (Å²) in [6.45, 7) is 7.77. The second-order valence-electron chi connectivity index (χ2n) is 8.03. The van der Waals surface area contributed by atoms with Crippen LogP contribution in [0.3, 0.4) is 0 Å². The van der Waals surface area contributed by atoms with Crippen LogP contribution in [0.15, 0.2) is 4.79 Å². The maximum Gasteiger partial charge on any atom is 0.262 e. The molecule has 2 aromatic rings. The SMILES string of the molecule is CC[C@@H]1CCCCN1CCCNC(=O)c1sc2nc3n(c(=O)c2c1C)CCC3. The van der Waals surface area contributed by atoms with Gasteiger partial charge in [0.1, 0.15) is 10.7 Å². The first-order chi connectivity index (χ1) is 13.6. The van der Waals surface area contributed by atoms with E-state index >= 15 is 0 Å². The van der Waals surface area contributed by atoms with E-state index in [4.69, 9.17) is 0 Å². The number of aromatic nitrogens is 2. The van der Waals surface area contributed by atoms with Crippen molar-refractivity contribution in [2.24, 2.45) is 0 Å². The highest BCUT2D eigenvalue weighted by atomic mass is 32.1. The highest BCUT2D eigenvalue weighted by molar-refractivity contribution is 7.20. The topological polar surface area (TPSA) is 67.2 Å². The Morgan fingerprint density at radius 1 is 1.29 bits per heavy atom. The summed E-state index contributed by atoms with van der Waals surface area (Å²) in [6, 6.07) is 0.704. The first-order valence-corrected chi connectivity index (χ1v) is 11.5. The number of thiophene rings is 1. The molecule has 1 fully saturated rings. The number of carbonyl (C=O) groups excluding carboxylic acids is 1. The number of aryl methyl sites for hydroxylation is 2. The number of rotatable bonds is 6. The lowest BCUT2D eigenvalue weighted by atomic mass is 10.00. The number of hydrogen-bond donors (Lipinski definition) is 1. The van der Waals surface area contributed by atoms with Gasteiger partial charge in [0, 0.05) is 32.1 Å². The summed E-state index contributed by atoms with van der Waals surface area (Å²) >= 11 is 1.36. The molecule has 0 bridgehead atoms. The second kappa shape index (κ2) is 8.33. The Hall–Kier alpha value is -1.73. The monoisotopic (exact) mass is 402 g/mol. The van der Waals surface area contributed by atoms with Gasteiger partial charge in [-0.1, -0.05) is 13.3 Å². The average Bonchev–Trinajstić information content (AvgIpc) is 3.30. The highest BCUT2D eigenvalue weighted by Crippen LogP contribution is 2.28. The quantitative estimate of drug-likeness (QED) is 0.754. The van der Waals surface area contributed by atoms with E-state index in [1.807, 2.05) is 6.92 Å². The number of likely N-dealkylation sites (tertiary alicyclic amines) is 1. The molecule has 1 saturated heterocycles. The second-order valence-corrected chi connectivity index (χ2v) is 9.03. The molecule has 4 heterocycles. The summed E-state index contributed by atoms with van der Waals surface area (Å²) in [6.07, 6.45) is 7.92. The van der Waals surface area contributed by atoms with Crippen molar-refractivity contribution in [1.82, 2.24) is 19.8 Å². The van der Waals surface area contributed by atoms with Gasteiger partial charge in [0.05, 0.1) is 10.3 Å². The Labute approximate surface area is 169 Å². The van der Waals surface area contributed by atoms with Crippen LogP contribution in [0.2, 0.25) is 0 Å². The minimum absolute atomic E-state index is 0.0148. The van der Waals surface area contributed by atoms with Crippen LogP contribution in [0, 0.1) is 6.92 Å². The third kappa shape index (κ3) is 3.62. The molecule has 1 atom stereocenters. The first-order valence-electron chi connectivity index (χ1n) is 10.6. The number of nitrogens with zero attached hydrogens (tertiary/aromatic N) is 3. The third-order valence-corrected chi connectivity index (χ3v) is 7.43. The van der Waals surface area contributed by atoms with Gasteiger partial charge in [0.15, 0.2) is 0 Å². The van der Waals surface area contributed by atoms with Crippen LogP contribution < -0.4 is 10.9 Å². The molecule has 0 aromatic carbocycles. The van der Waals surface area contributed by atoms with E-state index in [9.17, 15) is 9.59 Å². The van der Waals surface area contributed by atoms with Crippen molar-refractivity contribution in [3.63, 3.8) is 0 Å². The molecule has 152 valence electrons. The lowest BCUT2D eigenvalue weighted by Gasteiger charge is -2.35. The van der Waals surface area contributed by atoms with Gasteiger partial charge < -0.3 is 10.2 Å². The average molecular weight is 403 g/mol. The van der Waals surface area contributed by atoms with Crippen molar-refractivity contribution in [2.45, 2.75) is 71.4 Å². The Bertz CT molecular complexity index is 933. The van der Waals surface area contributed by atoms with E-state index in [1.165, 1.54) is 43.6 Å². The van der Waals surface area contributed by atoms with E-state index in [-0.39, 0.29) is 11.5 Å². The molecule has 7 heteroatoms. The van der Waals surface area contributed by atoms with Gasteiger partial charge in [-0.15, -0.1) is 11.3 Å². The summed E-state index contributed by atoms with van der Waals surface area (Å²) in [4.78, 5) is 34.1. The fourth-order valence-electron chi connectivity index (χ4n) is 4.67. The number of carbonyl (C=O) groups is 1. The molecule has 0 spiro atoms. The van der Waals surface area contributed by atoms with Crippen LogP contribution in [0.25, 0.3) is 10.2 Å². The molecule has 0 saturated carbocycles. The molecule has 2 aromatic heterocycles. The number of piperidine rings is 1.